The number of hydrogen-bond donors (Lipinski definition) is 1. The maximum atomic E-state index is 12.0. The Hall–Kier alpha value is -3.58. The number of benzene rings is 1. The van der Waals surface area contributed by atoms with E-state index in [1.165, 1.54) is 6.08 Å². The first-order valence-corrected chi connectivity index (χ1v) is 7.78. The highest BCUT2D eigenvalue weighted by Gasteiger charge is 2.00. The fourth-order valence-corrected chi connectivity index (χ4v) is 2.13. The van der Waals surface area contributed by atoms with Crippen LogP contribution in [0.2, 0.25) is 0 Å². The predicted molar refractivity (Wildman–Crippen MR) is 97.8 cm³/mol. The van der Waals surface area contributed by atoms with Crippen molar-refractivity contribution in [1.82, 2.24) is 4.98 Å². The van der Waals surface area contributed by atoms with Crippen LogP contribution in [0.5, 0.6) is 0 Å². The van der Waals surface area contributed by atoms with Crippen molar-refractivity contribution in [3.05, 3.63) is 89.6 Å². The van der Waals surface area contributed by atoms with E-state index >= 15 is 0 Å². The van der Waals surface area contributed by atoms with Gasteiger partial charge in [-0.25, -0.2) is 4.98 Å². The lowest BCUT2D eigenvalue weighted by Crippen LogP contribution is -2.07. The number of aryl methyl sites for hydroxylation is 1. The van der Waals surface area contributed by atoms with Gasteiger partial charge in [0.25, 0.3) is 0 Å². The van der Waals surface area contributed by atoms with Crippen molar-refractivity contribution in [2.45, 2.75) is 6.92 Å². The molecule has 0 atom stereocenters. The van der Waals surface area contributed by atoms with E-state index in [1.807, 2.05) is 61.5 Å². The van der Waals surface area contributed by atoms with Crippen LogP contribution in [0, 0.1) is 18.8 Å². The van der Waals surface area contributed by atoms with E-state index < -0.39 is 0 Å². The number of amides is 1. The molecule has 0 saturated heterocycles. The summed E-state index contributed by atoms with van der Waals surface area (Å²) >= 11 is 0. The standard InChI is InChI=1S/C21H16N2O2/c1-16-8-11-20(25-16)12-13-21(24)23-19-7-4-5-17(15-19)9-10-18-6-2-3-14-22-18/h2-8,11-15H,1H3,(H,23,24). The molecule has 2 aromatic heterocycles. The Morgan fingerprint density at radius 1 is 1.12 bits per heavy atom. The zero-order chi connectivity index (χ0) is 17.5. The zero-order valence-electron chi connectivity index (χ0n) is 13.7. The van der Waals surface area contributed by atoms with Crippen molar-refractivity contribution in [2.24, 2.45) is 0 Å². The molecular weight excluding hydrogens is 312 g/mol. The number of anilines is 1. The molecule has 1 amide bonds. The third-order valence-corrected chi connectivity index (χ3v) is 3.29. The molecule has 25 heavy (non-hydrogen) atoms. The molecule has 0 aliphatic carbocycles. The van der Waals surface area contributed by atoms with E-state index in [0.29, 0.717) is 17.1 Å². The maximum Gasteiger partial charge on any atom is 0.248 e. The molecule has 4 heteroatoms. The molecule has 1 aromatic carbocycles. The van der Waals surface area contributed by atoms with Crippen LogP contribution in [0.3, 0.4) is 0 Å². The van der Waals surface area contributed by atoms with Gasteiger partial charge in [0.2, 0.25) is 5.91 Å². The molecule has 1 N–H and O–H groups in total. The summed E-state index contributed by atoms with van der Waals surface area (Å²) in [5.74, 6) is 7.24. The molecular formula is C21H16N2O2. The van der Waals surface area contributed by atoms with Gasteiger partial charge in [0, 0.05) is 23.5 Å². The summed E-state index contributed by atoms with van der Waals surface area (Å²) in [7, 11) is 0. The summed E-state index contributed by atoms with van der Waals surface area (Å²) in [5, 5.41) is 2.81. The van der Waals surface area contributed by atoms with Crippen molar-refractivity contribution in [1.29, 1.82) is 0 Å². The molecule has 0 saturated carbocycles. The highest BCUT2D eigenvalue weighted by Crippen LogP contribution is 2.11. The lowest BCUT2D eigenvalue weighted by Gasteiger charge is -2.02. The number of nitrogens with one attached hydrogen (secondary N) is 1. The predicted octanol–water partition coefficient (Wildman–Crippen LogP) is 4.03. The average molecular weight is 328 g/mol. The Kier molecular flexibility index (Phi) is 5.08. The molecule has 0 radical (unpaired) electrons. The molecule has 2 heterocycles. The molecule has 0 bridgehead atoms. The Morgan fingerprint density at radius 3 is 2.80 bits per heavy atom. The van der Waals surface area contributed by atoms with E-state index in [1.54, 1.807) is 12.3 Å². The van der Waals surface area contributed by atoms with Crippen LogP contribution < -0.4 is 5.32 Å². The first-order valence-electron chi connectivity index (χ1n) is 7.78. The summed E-state index contributed by atoms with van der Waals surface area (Å²) in [6, 6.07) is 16.6. The van der Waals surface area contributed by atoms with Gasteiger partial charge in [-0.15, -0.1) is 0 Å². The van der Waals surface area contributed by atoms with Gasteiger partial charge < -0.3 is 9.73 Å². The second kappa shape index (κ2) is 7.80. The first-order chi connectivity index (χ1) is 12.2. The number of furan rings is 1. The minimum Gasteiger partial charge on any atom is -0.462 e. The lowest BCUT2D eigenvalue weighted by molar-refractivity contribution is -0.111. The van der Waals surface area contributed by atoms with Crippen LogP contribution >= 0.6 is 0 Å². The monoisotopic (exact) mass is 328 g/mol. The van der Waals surface area contributed by atoms with Gasteiger partial charge in [0.15, 0.2) is 0 Å². The quantitative estimate of drug-likeness (QED) is 0.583. The molecule has 122 valence electrons. The molecule has 0 aliphatic heterocycles. The number of carbonyl (C=O) groups is 1. The fourth-order valence-electron chi connectivity index (χ4n) is 2.13. The van der Waals surface area contributed by atoms with Crippen LogP contribution in [0.15, 0.2) is 71.3 Å². The molecule has 0 aliphatic rings. The van der Waals surface area contributed by atoms with Crippen molar-refractivity contribution in [3.63, 3.8) is 0 Å². The number of nitrogens with zero attached hydrogens (tertiary/aromatic N) is 1. The van der Waals surface area contributed by atoms with Crippen molar-refractivity contribution in [3.8, 4) is 11.8 Å². The molecule has 0 fully saturated rings. The van der Waals surface area contributed by atoms with Crippen molar-refractivity contribution >= 4 is 17.7 Å². The summed E-state index contributed by atoms with van der Waals surface area (Å²) in [6.45, 7) is 1.86. The highest BCUT2D eigenvalue weighted by molar-refractivity contribution is 6.01. The van der Waals surface area contributed by atoms with Crippen LogP contribution in [-0.4, -0.2) is 10.9 Å². The summed E-state index contributed by atoms with van der Waals surface area (Å²) < 4.78 is 5.39. The van der Waals surface area contributed by atoms with E-state index in [9.17, 15) is 4.79 Å². The SMILES string of the molecule is Cc1ccc(C=CC(=O)Nc2cccc(C#Cc3ccccn3)c2)o1. The largest absolute Gasteiger partial charge is 0.462 e. The van der Waals surface area contributed by atoms with Crippen LogP contribution in [-0.2, 0) is 4.79 Å². The summed E-state index contributed by atoms with van der Waals surface area (Å²) in [5.41, 5.74) is 2.18. The van der Waals surface area contributed by atoms with Gasteiger partial charge in [-0.3, -0.25) is 4.79 Å². The van der Waals surface area contributed by atoms with Crippen LogP contribution in [0.4, 0.5) is 5.69 Å². The van der Waals surface area contributed by atoms with E-state index in [0.717, 1.165) is 11.3 Å². The smallest absolute Gasteiger partial charge is 0.248 e. The third kappa shape index (κ3) is 4.95. The lowest BCUT2D eigenvalue weighted by atomic mass is 10.2. The molecule has 3 aromatic rings. The van der Waals surface area contributed by atoms with Gasteiger partial charge in [0.1, 0.15) is 17.2 Å². The van der Waals surface area contributed by atoms with E-state index in [2.05, 4.69) is 22.1 Å². The van der Waals surface area contributed by atoms with Gasteiger partial charge >= 0.3 is 0 Å². The number of rotatable bonds is 3. The van der Waals surface area contributed by atoms with Crippen molar-refractivity contribution < 1.29 is 9.21 Å². The number of pyridine rings is 1. The van der Waals surface area contributed by atoms with E-state index in [-0.39, 0.29) is 5.91 Å². The summed E-state index contributed by atoms with van der Waals surface area (Å²) in [6.07, 6.45) is 4.77. The molecule has 3 rings (SSSR count). The average Bonchev–Trinajstić information content (AvgIpc) is 3.05. The van der Waals surface area contributed by atoms with Crippen LogP contribution in [0.1, 0.15) is 22.8 Å². The molecule has 0 unspecified atom stereocenters. The zero-order valence-corrected chi connectivity index (χ0v) is 13.7. The molecule has 0 spiro atoms. The molecule has 4 nitrogen and oxygen atoms in total. The van der Waals surface area contributed by atoms with Gasteiger partial charge in [-0.05, 0) is 61.4 Å². The van der Waals surface area contributed by atoms with Gasteiger partial charge in [-0.2, -0.15) is 0 Å². The third-order valence-electron chi connectivity index (χ3n) is 3.29. The number of aromatic nitrogens is 1. The minimum atomic E-state index is -0.233. The number of carbonyl (C=O) groups excluding carboxylic acids is 1. The summed E-state index contributed by atoms with van der Waals surface area (Å²) in [4.78, 5) is 16.2. The Morgan fingerprint density at radius 2 is 2.04 bits per heavy atom. The Bertz CT molecular complexity index is 960. The maximum absolute atomic E-state index is 12.0. The topological polar surface area (TPSA) is 55.1 Å². The first kappa shape index (κ1) is 16.3. The fraction of sp³-hybridized carbons (Fsp3) is 0.0476. The highest BCUT2D eigenvalue weighted by atomic mass is 16.3. The Balaban J connectivity index is 1.66. The number of hydrogen-bond acceptors (Lipinski definition) is 3. The Labute approximate surface area is 146 Å². The second-order valence-corrected chi connectivity index (χ2v) is 5.32. The minimum absolute atomic E-state index is 0.233. The van der Waals surface area contributed by atoms with Crippen molar-refractivity contribution in [2.75, 3.05) is 5.32 Å². The van der Waals surface area contributed by atoms with Gasteiger partial charge in [0.05, 0.1) is 0 Å². The van der Waals surface area contributed by atoms with Gasteiger partial charge in [-0.1, -0.05) is 18.1 Å². The van der Waals surface area contributed by atoms with E-state index in [4.69, 9.17) is 4.42 Å². The normalized spacial score (nSPS) is 10.3. The second-order valence-electron chi connectivity index (χ2n) is 5.32. The van der Waals surface area contributed by atoms with Crippen LogP contribution in [0.25, 0.3) is 6.08 Å².